The third-order valence-electron chi connectivity index (χ3n) is 5.26. The summed E-state index contributed by atoms with van der Waals surface area (Å²) in [5.74, 6) is 0.0983. The average Bonchev–Trinajstić information content (AvgIpc) is 3.03. The molecular weight excluding hydrogens is 328 g/mol. The second-order valence-electron chi connectivity index (χ2n) is 6.93. The molecule has 1 fully saturated rings. The predicted octanol–water partition coefficient (Wildman–Crippen LogP) is 3.17. The first-order chi connectivity index (χ1) is 12.8. The van der Waals surface area contributed by atoms with Crippen LogP contribution in [-0.4, -0.2) is 35.6 Å². The molecule has 2 N–H and O–H groups in total. The van der Waals surface area contributed by atoms with E-state index in [9.17, 15) is 10.2 Å². The topological polar surface area (TPSA) is 58.9 Å². The summed E-state index contributed by atoms with van der Waals surface area (Å²) in [4.78, 5) is 0. The molecule has 26 heavy (non-hydrogen) atoms. The lowest BCUT2D eigenvalue weighted by Crippen LogP contribution is -2.28. The Bertz CT molecular complexity index is 631. The molecule has 1 saturated carbocycles. The van der Waals surface area contributed by atoms with Crippen molar-refractivity contribution < 1.29 is 19.7 Å². The van der Waals surface area contributed by atoms with Crippen LogP contribution in [0, 0.1) is 11.8 Å². The fraction of sp³-hybridized carbons (Fsp3) is 0.455. The highest BCUT2D eigenvalue weighted by Gasteiger charge is 2.43. The van der Waals surface area contributed by atoms with Crippen molar-refractivity contribution in [2.45, 2.75) is 38.3 Å². The first-order valence-corrected chi connectivity index (χ1v) is 9.34. The molecule has 4 nitrogen and oxygen atoms in total. The van der Waals surface area contributed by atoms with Gasteiger partial charge in [-0.25, -0.2) is 0 Å². The molecule has 0 bridgehead atoms. The van der Waals surface area contributed by atoms with E-state index in [2.05, 4.69) is 0 Å². The van der Waals surface area contributed by atoms with Gasteiger partial charge in [0.15, 0.2) is 0 Å². The molecule has 0 aliphatic heterocycles. The van der Waals surface area contributed by atoms with Gasteiger partial charge in [-0.05, 0) is 23.5 Å². The summed E-state index contributed by atoms with van der Waals surface area (Å²) in [6.45, 7) is 1.21. The molecule has 0 heterocycles. The Labute approximate surface area is 155 Å². The van der Waals surface area contributed by atoms with Crippen molar-refractivity contribution in [2.75, 3.05) is 13.2 Å². The van der Waals surface area contributed by atoms with Gasteiger partial charge < -0.3 is 19.7 Å². The normalized spacial score (nSPS) is 25.5. The van der Waals surface area contributed by atoms with E-state index >= 15 is 0 Å². The molecule has 0 amide bonds. The third-order valence-corrected chi connectivity index (χ3v) is 5.26. The predicted molar refractivity (Wildman–Crippen MR) is 100 cm³/mol. The Kier molecular flexibility index (Phi) is 7.21. The smallest absolute Gasteiger partial charge is 0.0720 e. The lowest BCUT2D eigenvalue weighted by atomic mass is 9.91. The van der Waals surface area contributed by atoms with Crippen molar-refractivity contribution in [1.29, 1.82) is 0 Å². The summed E-state index contributed by atoms with van der Waals surface area (Å²) in [7, 11) is 0. The maximum atomic E-state index is 9.92. The summed E-state index contributed by atoms with van der Waals surface area (Å²) in [6.07, 6.45) is 1.30. The SMILES string of the molecule is OCC[C@@H]1[C@H](CO)[C@H](OCc2ccccc2)C[C@H]1OCc1ccccc1. The number of aliphatic hydroxyl groups is 2. The average molecular weight is 356 g/mol. The highest BCUT2D eigenvalue weighted by molar-refractivity contribution is 5.14. The molecule has 1 aliphatic carbocycles. The molecule has 3 rings (SSSR count). The molecule has 4 heteroatoms. The van der Waals surface area contributed by atoms with Crippen molar-refractivity contribution in [3.8, 4) is 0 Å². The molecule has 0 unspecified atom stereocenters. The Morgan fingerprint density at radius 3 is 1.69 bits per heavy atom. The number of ether oxygens (including phenoxy) is 2. The number of hydrogen-bond acceptors (Lipinski definition) is 4. The first-order valence-electron chi connectivity index (χ1n) is 9.34. The number of aliphatic hydroxyl groups excluding tert-OH is 2. The summed E-state index contributed by atoms with van der Waals surface area (Å²) in [5, 5.41) is 19.4. The third kappa shape index (κ3) is 4.92. The summed E-state index contributed by atoms with van der Waals surface area (Å²) in [5.41, 5.74) is 2.25. The van der Waals surface area contributed by atoms with Gasteiger partial charge >= 0.3 is 0 Å². The zero-order chi connectivity index (χ0) is 18.2. The molecule has 2 aromatic carbocycles. The molecule has 0 radical (unpaired) electrons. The number of hydrogen-bond donors (Lipinski definition) is 2. The maximum Gasteiger partial charge on any atom is 0.0720 e. The van der Waals surface area contributed by atoms with Crippen LogP contribution in [0.25, 0.3) is 0 Å². The van der Waals surface area contributed by atoms with Crippen LogP contribution < -0.4 is 0 Å². The van der Waals surface area contributed by atoms with Crippen LogP contribution in [0.3, 0.4) is 0 Å². The van der Waals surface area contributed by atoms with Crippen molar-refractivity contribution in [2.24, 2.45) is 11.8 Å². The lowest BCUT2D eigenvalue weighted by molar-refractivity contribution is -0.0115. The van der Waals surface area contributed by atoms with Crippen LogP contribution in [0.2, 0.25) is 0 Å². The van der Waals surface area contributed by atoms with E-state index in [-0.39, 0.29) is 37.3 Å². The molecule has 140 valence electrons. The Balaban J connectivity index is 1.62. The van der Waals surface area contributed by atoms with Crippen LogP contribution in [0.1, 0.15) is 24.0 Å². The Morgan fingerprint density at radius 1 is 0.731 bits per heavy atom. The maximum absolute atomic E-state index is 9.92. The minimum Gasteiger partial charge on any atom is -0.396 e. The van der Waals surface area contributed by atoms with E-state index in [4.69, 9.17) is 9.47 Å². The van der Waals surface area contributed by atoms with Crippen LogP contribution in [0.15, 0.2) is 60.7 Å². The van der Waals surface area contributed by atoms with Gasteiger partial charge in [0.2, 0.25) is 0 Å². The van der Waals surface area contributed by atoms with Crippen LogP contribution in [0.4, 0.5) is 0 Å². The second-order valence-corrected chi connectivity index (χ2v) is 6.93. The second kappa shape index (κ2) is 9.83. The quantitative estimate of drug-likeness (QED) is 0.725. The summed E-state index contributed by atoms with van der Waals surface area (Å²) < 4.78 is 12.3. The number of benzene rings is 2. The molecular formula is C22H28O4. The molecule has 0 spiro atoms. The van der Waals surface area contributed by atoms with Crippen LogP contribution in [-0.2, 0) is 22.7 Å². The highest BCUT2D eigenvalue weighted by atomic mass is 16.5. The monoisotopic (exact) mass is 356 g/mol. The fourth-order valence-electron chi connectivity index (χ4n) is 3.87. The van der Waals surface area contributed by atoms with Crippen LogP contribution >= 0.6 is 0 Å². The summed E-state index contributed by atoms with van der Waals surface area (Å²) in [6, 6.07) is 20.1. The summed E-state index contributed by atoms with van der Waals surface area (Å²) >= 11 is 0. The van der Waals surface area contributed by atoms with Gasteiger partial charge in [-0.1, -0.05) is 60.7 Å². The zero-order valence-corrected chi connectivity index (χ0v) is 15.0. The zero-order valence-electron chi connectivity index (χ0n) is 15.0. The van der Waals surface area contributed by atoms with Crippen molar-refractivity contribution in [3.63, 3.8) is 0 Å². The minimum absolute atomic E-state index is 0.00774. The molecule has 1 aliphatic rings. The van der Waals surface area contributed by atoms with Gasteiger partial charge in [-0.15, -0.1) is 0 Å². The van der Waals surface area contributed by atoms with E-state index in [0.29, 0.717) is 19.6 Å². The standard InChI is InChI=1S/C22H28O4/c23-12-11-19-20(14-24)22(26-16-18-9-5-2-6-10-18)13-21(19)25-15-17-7-3-1-4-8-17/h1-10,19-24H,11-16H2/t19-,20+,21-,22-/m1/s1. The van der Waals surface area contributed by atoms with Gasteiger partial charge in [-0.3, -0.25) is 0 Å². The van der Waals surface area contributed by atoms with E-state index in [0.717, 1.165) is 17.5 Å². The lowest BCUT2D eigenvalue weighted by Gasteiger charge is -2.24. The van der Waals surface area contributed by atoms with Gasteiger partial charge in [0.25, 0.3) is 0 Å². The Hall–Kier alpha value is -1.72. The van der Waals surface area contributed by atoms with Crippen molar-refractivity contribution in [3.05, 3.63) is 71.8 Å². The van der Waals surface area contributed by atoms with Gasteiger partial charge in [-0.2, -0.15) is 0 Å². The molecule has 0 saturated heterocycles. The van der Waals surface area contributed by atoms with Crippen molar-refractivity contribution >= 4 is 0 Å². The largest absolute Gasteiger partial charge is 0.396 e. The van der Waals surface area contributed by atoms with Crippen LogP contribution in [0.5, 0.6) is 0 Å². The van der Waals surface area contributed by atoms with E-state index < -0.39 is 0 Å². The van der Waals surface area contributed by atoms with Gasteiger partial charge in [0, 0.05) is 25.6 Å². The highest BCUT2D eigenvalue weighted by Crippen LogP contribution is 2.39. The van der Waals surface area contributed by atoms with E-state index in [1.807, 2.05) is 60.7 Å². The minimum atomic E-state index is -0.0578. The van der Waals surface area contributed by atoms with Gasteiger partial charge in [0.05, 0.1) is 25.4 Å². The van der Waals surface area contributed by atoms with Gasteiger partial charge in [0.1, 0.15) is 0 Å². The molecule has 0 aromatic heterocycles. The first kappa shape index (κ1) is 19.1. The van der Waals surface area contributed by atoms with E-state index in [1.54, 1.807) is 0 Å². The van der Waals surface area contributed by atoms with Crippen molar-refractivity contribution in [1.82, 2.24) is 0 Å². The molecule has 4 atom stereocenters. The van der Waals surface area contributed by atoms with E-state index in [1.165, 1.54) is 0 Å². The fourth-order valence-corrected chi connectivity index (χ4v) is 3.87. The molecule has 2 aromatic rings. The number of rotatable bonds is 9. The Morgan fingerprint density at radius 2 is 1.23 bits per heavy atom.